The summed E-state index contributed by atoms with van der Waals surface area (Å²) < 4.78 is 7.11. The van der Waals surface area contributed by atoms with E-state index in [1.165, 1.54) is 0 Å². The first kappa shape index (κ1) is 21.2. The topological polar surface area (TPSA) is 42.5 Å². The van der Waals surface area contributed by atoms with Gasteiger partial charge >= 0.3 is 11.7 Å². The SMILES string of the molecule is CCOC(=O)c1cc(-c2ccccc2)cc(-c2ccccc2)[n+]1/N=C(/C)c1ccccc1. The fourth-order valence-electron chi connectivity index (χ4n) is 3.55. The van der Waals surface area contributed by atoms with Crippen LogP contribution in [0.1, 0.15) is 29.9 Å². The molecule has 0 saturated heterocycles. The van der Waals surface area contributed by atoms with Crippen LogP contribution in [0.15, 0.2) is 108 Å². The average Bonchev–Trinajstić information content (AvgIpc) is 2.85. The highest BCUT2D eigenvalue weighted by Crippen LogP contribution is 2.25. The maximum absolute atomic E-state index is 13.0. The minimum atomic E-state index is -0.410. The van der Waals surface area contributed by atoms with Gasteiger partial charge in [-0.15, -0.1) is 0 Å². The fraction of sp³-hybridized carbons (Fsp3) is 0.107. The van der Waals surface area contributed by atoms with Gasteiger partial charge < -0.3 is 4.74 Å². The van der Waals surface area contributed by atoms with Gasteiger partial charge in [-0.1, -0.05) is 78.9 Å². The summed E-state index contributed by atoms with van der Waals surface area (Å²) in [6, 6.07) is 33.8. The molecule has 0 spiro atoms. The van der Waals surface area contributed by atoms with Crippen molar-refractivity contribution in [2.45, 2.75) is 13.8 Å². The molecule has 4 rings (SSSR count). The molecule has 1 aromatic heterocycles. The standard InChI is InChI=1S/C28H25N2O2/c1-3-32-28(31)27-20-25(23-15-9-5-10-16-23)19-26(24-17-11-6-12-18-24)30(27)29-21(2)22-13-7-4-8-14-22/h4-20H,3H2,1-2H3/q+1/b29-21-. The van der Waals surface area contributed by atoms with Crippen LogP contribution in [0.4, 0.5) is 0 Å². The second-order valence-electron chi connectivity index (χ2n) is 7.33. The molecule has 0 aliphatic heterocycles. The Kier molecular flexibility index (Phi) is 6.52. The number of hydrogen-bond acceptors (Lipinski definition) is 3. The molecule has 0 radical (unpaired) electrons. The first-order chi connectivity index (χ1) is 15.7. The normalized spacial score (nSPS) is 11.2. The molecule has 4 aromatic rings. The Hall–Kier alpha value is -4.05. The Morgan fingerprint density at radius 3 is 1.94 bits per heavy atom. The summed E-state index contributed by atoms with van der Waals surface area (Å²) in [4.78, 5) is 13.0. The van der Waals surface area contributed by atoms with E-state index in [4.69, 9.17) is 9.84 Å². The third kappa shape index (κ3) is 4.65. The Morgan fingerprint density at radius 1 is 0.781 bits per heavy atom. The lowest BCUT2D eigenvalue weighted by molar-refractivity contribution is -0.670. The van der Waals surface area contributed by atoms with E-state index in [-0.39, 0.29) is 6.61 Å². The van der Waals surface area contributed by atoms with E-state index < -0.39 is 5.97 Å². The molecule has 0 amide bonds. The molecule has 32 heavy (non-hydrogen) atoms. The van der Waals surface area contributed by atoms with E-state index in [1.54, 1.807) is 11.6 Å². The van der Waals surface area contributed by atoms with Gasteiger partial charge in [0, 0.05) is 28.4 Å². The summed E-state index contributed by atoms with van der Waals surface area (Å²) in [6.45, 7) is 4.04. The Labute approximate surface area is 188 Å². The van der Waals surface area contributed by atoms with Gasteiger partial charge in [0.1, 0.15) is 5.71 Å². The summed E-state index contributed by atoms with van der Waals surface area (Å²) in [5.74, 6) is -0.410. The van der Waals surface area contributed by atoms with E-state index in [0.29, 0.717) is 5.69 Å². The van der Waals surface area contributed by atoms with Crippen molar-refractivity contribution in [3.05, 3.63) is 114 Å². The van der Waals surface area contributed by atoms with Gasteiger partial charge in [0.2, 0.25) is 5.69 Å². The summed E-state index contributed by atoms with van der Waals surface area (Å²) >= 11 is 0. The van der Waals surface area contributed by atoms with E-state index >= 15 is 0 Å². The molecule has 0 bridgehead atoms. The molecular formula is C28H25N2O2+. The summed E-state index contributed by atoms with van der Waals surface area (Å²) in [6.07, 6.45) is 0. The van der Waals surface area contributed by atoms with Crippen LogP contribution < -0.4 is 4.68 Å². The maximum atomic E-state index is 13.0. The highest BCUT2D eigenvalue weighted by atomic mass is 16.5. The molecule has 0 unspecified atom stereocenters. The van der Waals surface area contributed by atoms with Gasteiger partial charge in [-0.25, -0.2) is 4.79 Å². The summed E-state index contributed by atoms with van der Waals surface area (Å²) in [5.41, 5.74) is 5.88. The average molecular weight is 422 g/mol. The summed E-state index contributed by atoms with van der Waals surface area (Å²) in [7, 11) is 0. The number of pyridine rings is 1. The van der Waals surface area contributed by atoms with Crippen LogP contribution in [-0.4, -0.2) is 18.3 Å². The van der Waals surface area contributed by atoms with Crippen LogP contribution in [0.3, 0.4) is 0 Å². The number of nitrogens with zero attached hydrogens (tertiary/aromatic N) is 2. The zero-order valence-electron chi connectivity index (χ0n) is 18.2. The highest BCUT2D eigenvalue weighted by molar-refractivity contribution is 5.98. The third-order valence-electron chi connectivity index (χ3n) is 5.14. The van der Waals surface area contributed by atoms with Crippen molar-refractivity contribution in [1.82, 2.24) is 0 Å². The largest absolute Gasteiger partial charge is 0.458 e. The number of carbonyl (C=O) groups is 1. The molecule has 0 N–H and O–H groups in total. The van der Waals surface area contributed by atoms with E-state index in [2.05, 4.69) is 6.07 Å². The first-order valence-electron chi connectivity index (χ1n) is 10.7. The molecule has 4 nitrogen and oxygen atoms in total. The smallest absolute Gasteiger partial charge is 0.406 e. The molecule has 0 fully saturated rings. The van der Waals surface area contributed by atoms with Crippen molar-refractivity contribution < 1.29 is 14.2 Å². The molecule has 0 aliphatic carbocycles. The predicted molar refractivity (Wildman–Crippen MR) is 128 cm³/mol. The van der Waals surface area contributed by atoms with Crippen LogP contribution in [0, 0.1) is 0 Å². The lowest BCUT2D eigenvalue weighted by atomic mass is 10.0. The van der Waals surface area contributed by atoms with E-state index in [1.807, 2.05) is 104 Å². The maximum Gasteiger partial charge on any atom is 0.406 e. The second kappa shape index (κ2) is 9.84. The van der Waals surface area contributed by atoms with Crippen molar-refractivity contribution in [1.29, 1.82) is 0 Å². The van der Waals surface area contributed by atoms with Crippen molar-refractivity contribution in [2.24, 2.45) is 5.10 Å². The quantitative estimate of drug-likeness (QED) is 0.226. The summed E-state index contributed by atoms with van der Waals surface area (Å²) in [5, 5.41) is 4.88. The van der Waals surface area contributed by atoms with Gasteiger partial charge in [0.05, 0.1) is 6.61 Å². The van der Waals surface area contributed by atoms with Crippen LogP contribution >= 0.6 is 0 Å². The fourth-order valence-corrected chi connectivity index (χ4v) is 3.55. The predicted octanol–water partition coefficient (Wildman–Crippen LogP) is 5.76. The second-order valence-corrected chi connectivity index (χ2v) is 7.33. The molecule has 3 aromatic carbocycles. The van der Waals surface area contributed by atoms with Crippen LogP contribution in [-0.2, 0) is 4.74 Å². The third-order valence-corrected chi connectivity index (χ3v) is 5.14. The molecule has 4 heteroatoms. The Balaban J connectivity index is 2.00. The Morgan fingerprint density at radius 2 is 1.34 bits per heavy atom. The number of ether oxygens (including phenoxy) is 1. The lowest BCUT2D eigenvalue weighted by Gasteiger charge is -2.09. The van der Waals surface area contributed by atoms with Crippen molar-refractivity contribution in [3.8, 4) is 22.4 Å². The molecule has 158 valence electrons. The minimum Gasteiger partial charge on any atom is -0.458 e. The van der Waals surface area contributed by atoms with Gasteiger partial charge in [-0.3, -0.25) is 0 Å². The molecule has 0 atom stereocenters. The number of aromatic nitrogens is 1. The van der Waals surface area contributed by atoms with Crippen LogP contribution in [0.25, 0.3) is 22.4 Å². The van der Waals surface area contributed by atoms with E-state index in [0.717, 1.165) is 33.7 Å². The highest BCUT2D eigenvalue weighted by Gasteiger charge is 2.28. The molecule has 0 saturated carbocycles. The number of benzene rings is 3. The molecule has 1 heterocycles. The van der Waals surface area contributed by atoms with Gasteiger partial charge in [-0.2, -0.15) is 0 Å². The number of carbonyl (C=O) groups excluding carboxylic acids is 1. The van der Waals surface area contributed by atoms with Crippen LogP contribution in [0.2, 0.25) is 0 Å². The first-order valence-corrected chi connectivity index (χ1v) is 10.7. The number of hydrogen-bond donors (Lipinski definition) is 0. The number of esters is 1. The van der Waals surface area contributed by atoms with E-state index in [9.17, 15) is 4.79 Å². The Bertz CT molecular complexity index is 1230. The zero-order chi connectivity index (χ0) is 22.3. The van der Waals surface area contributed by atoms with Crippen LogP contribution in [0.5, 0.6) is 0 Å². The molecular weight excluding hydrogens is 396 g/mol. The van der Waals surface area contributed by atoms with Gasteiger partial charge in [0.25, 0.3) is 0 Å². The lowest BCUT2D eigenvalue weighted by Crippen LogP contribution is -2.40. The minimum absolute atomic E-state index is 0.288. The van der Waals surface area contributed by atoms with Crippen molar-refractivity contribution in [2.75, 3.05) is 6.61 Å². The monoisotopic (exact) mass is 421 g/mol. The van der Waals surface area contributed by atoms with Crippen molar-refractivity contribution in [3.63, 3.8) is 0 Å². The van der Waals surface area contributed by atoms with Crippen molar-refractivity contribution >= 4 is 11.7 Å². The molecule has 0 aliphatic rings. The number of rotatable bonds is 6. The van der Waals surface area contributed by atoms with Gasteiger partial charge in [-0.05, 0) is 41.8 Å². The van der Waals surface area contributed by atoms with Gasteiger partial charge in [0.15, 0.2) is 0 Å². The zero-order valence-corrected chi connectivity index (χ0v) is 18.2.